The number of hydrogen-bond donors (Lipinski definition) is 2. The molecule has 3 N–H and O–H groups in total. The van der Waals surface area contributed by atoms with Gasteiger partial charge in [0, 0.05) is 10.6 Å². The Labute approximate surface area is 140 Å². The number of benzene rings is 2. The Kier molecular flexibility index (Phi) is 4.48. The average Bonchev–Trinajstić information content (AvgIpc) is 2.55. The normalized spacial score (nSPS) is 10.5. The fourth-order valence-electron chi connectivity index (χ4n) is 2.12. The van der Waals surface area contributed by atoms with Gasteiger partial charge in [-0.25, -0.2) is 9.97 Å². The minimum atomic E-state index is 0.557. The Morgan fingerprint density at radius 2 is 1.70 bits per heavy atom. The minimum Gasteiger partial charge on any atom is -0.394 e. The first kappa shape index (κ1) is 15.4. The van der Waals surface area contributed by atoms with Crippen LogP contribution in [-0.4, -0.2) is 9.97 Å². The van der Waals surface area contributed by atoms with Crippen LogP contribution in [-0.2, 0) is 0 Å². The number of aromatic nitrogens is 2. The minimum absolute atomic E-state index is 0.557. The Morgan fingerprint density at radius 1 is 0.957 bits per heavy atom. The number of nitrogens with two attached hydrogens (primary N) is 1. The Bertz CT molecular complexity index is 816. The van der Waals surface area contributed by atoms with Crippen LogP contribution < -0.4 is 11.1 Å². The highest BCUT2D eigenvalue weighted by molar-refractivity contribution is 7.99. The average molecular weight is 322 g/mol. The van der Waals surface area contributed by atoms with E-state index in [0.717, 1.165) is 21.2 Å². The number of rotatable bonds is 4. The lowest BCUT2D eigenvalue weighted by Crippen LogP contribution is -2.03. The fraction of sp³-hybridized carbons (Fsp3) is 0.111. The van der Waals surface area contributed by atoms with Crippen molar-refractivity contribution in [2.75, 3.05) is 11.1 Å². The van der Waals surface area contributed by atoms with E-state index in [1.165, 1.54) is 23.7 Å². The topological polar surface area (TPSA) is 63.8 Å². The van der Waals surface area contributed by atoms with Crippen LogP contribution >= 0.6 is 11.8 Å². The predicted octanol–water partition coefficient (Wildman–Crippen LogP) is 4.57. The van der Waals surface area contributed by atoms with Crippen molar-refractivity contribution < 1.29 is 0 Å². The number of aryl methyl sites for hydroxylation is 2. The van der Waals surface area contributed by atoms with Crippen molar-refractivity contribution in [3.63, 3.8) is 0 Å². The van der Waals surface area contributed by atoms with Crippen molar-refractivity contribution in [1.29, 1.82) is 0 Å². The second kappa shape index (κ2) is 6.71. The highest BCUT2D eigenvalue weighted by Gasteiger charge is 2.10. The summed E-state index contributed by atoms with van der Waals surface area (Å²) in [5.41, 5.74) is 10.2. The predicted molar refractivity (Wildman–Crippen MR) is 96.2 cm³/mol. The van der Waals surface area contributed by atoms with Crippen LogP contribution in [0.4, 0.5) is 17.2 Å². The molecule has 1 aromatic heterocycles. The van der Waals surface area contributed by atoms with Crippen LogP contribution in [0.5, 0.6) is 0 Å². The summed E-state index contributed by atoms with van der Waals surface area (Å²) in [4.78, 5) is 9.68. The third kappa shape index (κ3) is 3.63. The van der Waals surface area contributed by atoms with Gasteiger partial charge in [0.05, 0.1) is 0 Å². The van der Waals surface area contributed by atoms with E-state index in [0.29, 0.717) is 11.5 Å². The summed E-state index contributed by atoms with van der Waals surface area (Å²) in [7, 11) is 0. The van der Waals surface area contributed by atoms with Crippen molar-refractivity contribution in [2.45, 2.75) is 23.8 Å². The van der Waals surface area contributed by atoms with Gasteiger partial charge in [0.25, 0.3) is 0 Å². The van der Waals surface area contributed by atoms with Crippen LogP contribution in [0.25, 0.3) is 0 Å². The molecule has 1 heterocycles. The number of nitrogens with zero attached hydrogens (tertiary/aromatic N) is 2. The lowest BCUT2D eigenvalue weighted by atomic mass is 10.2. The van der Waals surface area contributed by atoms with Crippen molar-refractivity contribution in [3.05, 3.63) is 66.0 Å². The number of hydrogen-bond acceptors (Lipinski definition) is 5. The Morgan fingerprint density at radius 3 is 2.43 bits per heavy atom. The molecule has 0 saturated heterocycles. The molecule has 0 spiro atoms. The highest BCUT2D eigenvalue weighted by Crippen LogP contribution is 2.34. The van der Waals surface area contributed by atoms with Gasteiger partial charge in [0.1, 0.15) is 17.0 Å². The van der Waals surface area contributed by atoms with Gasteiger partial charge in [0.15, 0.2) is 5.82 Å². The summed E-state index contributed by atoms with van der Waals surface area (Å²) in [6.07, 6.45) is 1.54. The fourth-order valence-corrected chi connectivity index (χ4v) is 2.92. The molecule has 0 atom stereocenters. The van der Waals surface area contributed by atoms with E-state index < -0.39 is 0 Å². The highest BCUT2D eigenvalue weighted by atomic mass is 32.2. The molecule has 3 aromatic rings. The smallest absolute Gasteiger partial charge is 0.158 e. The first-order valence-electron chi connectivity index (χ1n) is 7.31. The monoisotopic (exact) mass is 322 g/mol. The van der Waals surface area contributed by atoms with E-state index >= 15 is 0 Å². The molecular formula is C18H18N4S. The molecule has 0 unspecified atom stereocenters. The summed E-state index contributed by atoms with van der Waals surface area (Å²) >= 11 is 1.54. The summed E-state index contributed by atoms with van der Waals surface area (Å²) in [5, 5.41) is 4.04. The summed E-state index contributed by atoms with van der Waals surface area (Å²) in [6.45, 7) is 4.11. The van der Waals surface area contributed by atoms with E-state index in [1.54, 1.807) is 0 Å². The molecule has 3 rings (SSSR count). The second-order valence-corrected chi connectivity index (χ2v) is 6.36. The van der Waals surface area contributed by atoms with Gasteiger partial charge in [-0.05, 0) is 37.6 Å². The SMILES string of the molecule is Cc1ccc(Sc2ncnc(Nc3ccccc3C)c2N)cc1. The van der Waals surface area contributed by atoms with Gasteiger partial charge in [-0.3, -0.25) is 0 Å². The van der Waals surface area contributed by atoms with E-state index in [4.69, 9.17) is 5.73 Å². The second-order valence-electron chi connectivity index (χ2n) is 5.30. The zero-order valence-corrected chi connectivity index (χ0v) is 13.9. The standard InChI is InChI=1S/C18H18N4S/c1-12-7-9-14(10-8-12)23-18-16(19)17(20-11-21-18)22-15-6-4-3-5-13(15)2/h3-11H,19H2,1-2H3,(H,20,21,22). The third-order valence-corrected chi connectivity index (χ3v) is 4.51. The largest absolute Gasteiger partial charge is 0.394 e. The van der Waals surface area contributed by atoms with Crippen LogP contribution in [0, 0.1) is 13.8 Å². The zero-order valence-electron chi connectivity index (χ0n) is 13.1. The molecule has 0 aliphatic heterocycles. The van der Waals surface area contributed by atoms with E-state index in [-0.39, 0.29) is 0 Å². The maximum atomic E-state index is 6.25. The summed E-state index contributed by atoms with van der Waals surface area (Å²) < 4.78 is 0. The molecule has 2 aromatic carbocycles. The van der Waals surface area contributed by atoms with Gasteiger partial charge in [-0.15, -0.1) is 0 Å². The molecular weight excluding hydrogens is 304 g/mol. The summed E-state index contributed by atoms with van der Waals surface area (Å²) in [6, 6.07) is 16.3. The summed E-state index contributed by atoms with van der Waals surface area (Å²) in [5.74, 6) is 0.629. The van der Waals surface area contributed by atoms with Gasteiger partial charge in [-0.2, -0.15) is 0 Å². The molecule has 0 bridgehead atoms. The number of nitrogens with one attached hydrogen (secondary N) is 1. The van der Waals surface area contributed by atoms with Gasteiger partial charge >= 0.3 is 0 Å². The molecule has 23 heavy (non-hydrogen) atoms. The van der Waals surface area contributed by atoms with Crippen LogP contribution in [0.2, 0.25) is 0 Å². The van der Waals surface area contributed by atoms with Gasteiger partial charge < -0.3 is 11.1 Å². The lowest BCUT2D eigenvalue weighted by molar-refractivity contribution is 1.06. The Balaban J connectivity index is 1.86. The first-order chi connectivity index (χ1) is 11.1. The molecule has 5 heteroatoms. The third-order valence-electron chi connectivity index (χ3n) is 3.48. The van der Waals surface area contributed by atoms with Gasteiger partial charge in [-0.1, -0.05) is 47.7 Å². The van der Waals surface area contributed by atoms with E-state index in [1.807, 2.05) is 31.2 Å². The number of nitrogen functional groups attached to an aromatic ring is 1. The first-order valence-corrected chi connectivity index (χ1v) is 8.13. The molecule has 0 aliphatic carbocycles. The molecule has 0 saturated carbocycles. The Hall–Kier alpha value is -2.53. The maximum Gasteiger partial charge on any atom is 0.158 e. The lowest BCUT2D eigenvalue weighted by Gasteiger charge is -2.12. The van der Waals surface area contributed by atoms with Crippen molar-refractivity contribution in [3.8, 4) is 0 Å². The van der Waals surface area contributed by atoms with Crippen LogP contribution in [0.1, 0.15) is 11.1 Å². The molecule has 0 aliphatic rings. The van der Waals surface area contributed by atoms with Crippen molar-refractivity contribution in [2.24, 2.45) is 0 Å². The molecule has 116 valence electrons. The maximum absolute atomic E-state index is 6.25. The van der Waals surface area contributed by atoms with E-state index in [9.17, 15) is 0 Å². The molecule has 4 nitrogen and oxygen atoms in total. The zero-order chi connectivity index (χ0) is 16.2. The molecule has 0 radical (unpaired) electrons. The number of para-hydroxylation sites is 1. The van der Waals surface area contributed by atoms with Gasteiger partial charge in [0.2, 0.25) is 0 Å². The molecule has 0 amide bonds. The quantitative estimate of drug-likeness (QED) is 0.689. The van der Waals surface area contributed by atoms with Crippen LogP contribution in [0.15, 0.2) is 64.8 Å². The van der Waals surface area contributed by atoms with E-state index in [2.05, 4.69) is 46.5 Å². The van der Waals surface area contributed by atoms with Crippen molar-refractivity contribution in [1.82, 2.24) is 9.97 Å². The number of anilines is 3. The molecule has 0 fully saturated rings. The van der Waals surface area contributed by atoms with Crippen molar-refractivity contribution >= 4 is 29.0 Å². The van der Waals surface area contributed by atoms with Crippen LogP contribution in [0.3, 0.4) is 0 Å².